The molecule has 1 aromatic rings. The van der Waals surface area contributed by atoms with E-state index in [2.05, 4.69) is 5.32 Å². The maximum atomic E-state index is 11.9. The van der Waals surface area contributed by atoms with Crippen LogP contribution in [0.4, 0.5) is 0 Å². The van der Waals surface area contributed by atoms with E-state index in [1.165, 1.54) is 11.4 Å². The van der Waals surface area contributed by atoms with E-state index in [0.29, 0.717) is 12.1 Å². The van der Waals surface area contributed by atoms with Crippen LogP contribution in [0, 0.1) is 0 Å². The van der Waals surface area contributed by atoms with Gasteiger partial charge in [0.2, 0.25) is 0 Å². The highest BCUT2D eigenvalue weighted by Crippen LogP contribution is 2.34. The molecule has 0 radical (unpaired) electrons. The summed E-state index contributed by atoms with van der Waals surface area (Å²) in [5.41, 5.74) is 0.0439. The van der Waals surface area contributed by atoms with Gasteiger partial charge in [-0.05, 0) is 25.3 Å². The molecule has 0 unspecified atom stereocenters. The summed E-state index contributed by atoms with van der Waals surface area (Å²) in [5.74, 6) is -0.314. The Hall–Kier alpha value is -0.630. The quantitative estimate of drug-likeness (QED) is 0.841. The molecule has 1 amide bonds. The SMILES string of the molecule is COC1(CNC(=O)c2csc(S(=O)(=O)Cl)c2)CCC1. The predicted molar refractivity (Wildman–Crippen MR) is 73.3 cm³/mol. The fourth-order valence-electron chi connectivity index (χ4n) is 1.93. The van der Waals surface area contributed by atoms with Crippen LogP contribution in [0.5, 0.6) is 0 Å². The number of carbonyl (C=O) groups excluding carboxylic acids is 1. The van der Waals surface area contributed by atoms with Crippen molar-refractivity contribution in [2.75, 3.05) is 13.7 Å². The third-order valence-corrected chi connectivity index (χ3v) is 6.39. The van der Waals surface area contributed by atoms with Crippen LogP contribution in [0.25, 0.3) is 0 Å². The van der Waals surface area contributed by atoms with Crippen molar-refractivity contribution >= 4 is 37.0 Å². The zero-order chi connectivity index (χ0) is 14.1. The molecule has 0 atom stereocenters. The van der Waals surface area contributed by atoms with Crippen LogP contribution in [0.2, 0.25) is 0 Å². The Morgan fingerprint density at radius 3 is 2.68 bits per heavy atom. The number of rotatable bonds is 5. The largest absolute Gasteiger partial charge is 0.376 e. The predicted octanol–water partition coefficient (Wildman–Crippen LogP) is 1.97. The second kappa shape index (κ2) is 5.40. The van der Waals surface area contributed by atoms with Gasteiger partial charge in [-0.3, -0.25) is 4.79 Å². The number of hydrogen-bond donors (Lipinski definition) is 1. The van der Waals surface area contributed by atoms with Crippen LogP contribution in [0.3, 0.4) is 0 Å². The lowest BCUT2D eigenvalue weighted by Crippen LogP contribution is -2.49. The summed E-state index contributed by atoms with van der Waals surface area (Å²) in [7, 11) is 3.07. The molecule has 0 spiro atoms. The first kappa shape index (κ1) is 14.8. The van der Waals surface area contributed by atoms with E-state index in [1.54, 1.807) is 7.11 Å². The Kier molecular flexibility index (Phi) is 4.20. The number of thiophene rings is 1. The lowest BCUT2D eigenvalue weighted by molar-refractivity contribution is -0.0679. The Balaban J connectivity index is 1.99. The van der Waals surface area contributed by atoms with Crippen molar-refractivity contribution in [3.63, 3.8) is 0 Å². The van der Waals surface area contributed by atoms with Gasteiger partial charge in [0, 0.05) is 29.7 Å². The summed E-state index contributed by atoms with van der Waals surface area (Å²) in [4.78, 5) is 11.9. The zero-order valence-electron chi connectivity index (χ0n) is 10.3. The Bertz CT molecular complexity index is 572. The molecule has 8 heteroatoms. The molecule has 0 aliphatic heterocycles. The van der Waals surface area contributed by atoms with Gasteiger partial charge in [0.05, 0.1) is 11.2 Å². The third kappa shape index (κ3) is 3.28. The van der Waals surface area contributed by atoms with E-state index in [0.717, 1.165) is 30.6 Å². The lowest BCUT2D eigenvalue weighted by atomic mass is 9.80. The summed E-state index contributed by atoms with van der Waals surface area (Å²) in [6.45, 7) is 0.432. The Morgan fingerprint density at radius 2 is 2.26 bits per heavy atom. The van der Waals surface area contributed by atoms with Crippen LogP contribution in [0.15, 0.2) is 15.7 Å². The summed E-state index contributed by atoms with van der Waals surface area (Å²) >= 11 is 0.932. The second-order valence-electron chi connectivity index (χ2n) is 4.52. The van der Waals surface area contributed by atoms with Crippen LogP contribution in [0.1, 0.15) is 29.6 Å². The molecule has 1 aliphatic rings. The van der Waals surface area contributed by atoms with Gasteiger partial charge in [0.1, 0.15) is 4.21 Å². The van der Waals surface area contributed by atoms with Crippen molar-refractivity contribution in [2.24, 2.45) is 0 Å². The highest BCUT2D eigenvalue weighted by Gasteiger charge is 2.37. The minimum Gasteiger partial charge on any atom is -0.376 e. The summed E-state index contributed by atoms with van der Waals surface area (Å²) in [5, 5.41) is 4.24. The molecule has 1 fully saturated rings. The van der Waals surface area contributed by atoms with Crippen molar-refractivity contribution in [1.29, 1.82) is 0 Å². The van der Waals surface area contributed by atoms with Crippen molar-refractivity contribution in [1.82, 2.24) is 5.32 Å². The van der Waals surface area contributed by atoms with E-state index >= 15 is 0 Å². The normalized spacial score (nSPS) is 17.8. The van der Waals surface area contributed by atoms with Gasteiger partial charge >= 0.3 is 0 Å². The number of ether oxygens (including phenoxy) is 1. The van der Waals surface area contributed by atoms with Gasteiger partial charge in [-0.25, -0.2) is 8.42 Å². The molecule has 1 aliphatic carbocycles. The Morgan fingerprint density at radius 1 is 1.58 bits per heavy atom. The number of nitrogens with one attached hydrogen (secondary N) is 1. The van der Waals surface area contributed by atoms with Crippen molar-refractivity contribution in [3.8, 4) is 0 Å². The molecule has 19 heavy (non-hydrogen) atoms. The maximum Gasteiger partial charge on any atom is 0.270 e. The molecule has 1 saturated carbocycles. The van der Waals surface area contributed by atoms with E-state index < -0.39 is 9.05 Å². The van der Waals surface area contributed by atoms with E-state index in [1.807, 2.05) is 0 Å². The van der Waals surface area contributed by atoms with Gasteiger partial charge in [-0.2, -0.15) is 0 Å². The van der Waals surface area contributed by atoms with E-state index in [9.17, 15) is 13.2 Å². The van der Waals surface area contributed by atoms with Gasteiger partial charge in [-0.1, -0.05) is 0 Å². The molecular weight excluding hydrogens is 310 g/mol. The third-order valence-electron chi connectivity index (χ3n) is 3.35. The zero-order valence-corrected chi connectivity index (χ0v) is 12.7. The molecule has 1 aromatic heterocycles. The number of amides is 1. The molecule has 5 nitrogen and oxygen atoms in total. The molecule has 106 valence electrons. The molecule has 2 rings (SSSR count). The van der Waals surface area contributed by atoms with Crippen molar-refractivity contribution in [3.05, 3.63) is 17.0 Å². The molecule has 0 aromatic carbocycles. The highest BCUT2D eigenvalue weighted by atomic mass is 35.7. The molecule has 0 bridgehead atoms. The van der Waals surface area contributed by atoms with Crippen LogP contribution < -0.4 is 5.32 Å². The van der Waals surface area contributed by atoms with Crippen molar-refractivity contribution in [2.45, 2.75) is 29.1 Å². The average molecular weight is 324 g/mol. The second-order valence-corrected chi connectivity index (χ2v) is 8.22. The topological polar surface area (TPSA) is 72.5 Å². The van der Waals surface area contributed by atoms with Crippen LogP contribution in [-0.2, 0) is 13.8 Å². The summed E-state index contributed by atoms with van der Waals surface area (Å²) in [6, 6.07) is 1.28. The van der Waals surface area contributed by atoms with Gasteiger partial charge < -0.3 is 10.1 Å². The minimum atomic E-state index is -3.77. The standard InChI is InChI=1S/C11H14ClNO4S2/c1-17-11(3-2-4-11)7-13-10(14)8-5-9(18-6-8)19(12,15)16/h5-6H,2-4,7H2,1H3,(H,13,14). The highest BCUT2D eigenvalue weighted by molar-refractivity contribution is 8.15. The van der Waals surface area contributed by atoms with Gasteiger partial charge in [-0.15, -0.1) is 11.3 Å². The van der Waals surface area contributed by atoms with E-state index in [4.69, 9.17) is 15.4 Å². The minimum absolute atomic E-state index is 0.0237. The molecular formula is C11H14ClNO4S2. The van der Waals surface area contributed by atoms with Crippen molar-refractivity contribution < 1.29 is 17.9 Å². The summed E-state index contributed by atoms with van der Waals surface area (Å²) in [6.07, 6.45) is 2.94. The average Bonchev–Trinajstić information content (AvgIpc) is 2.76. The van der Waals surface area contributed by atoms with Gasteiger partial charge in [0.25, 0.3) is 15.0 Å². The fraction of sp³-hybridized carbons (Fsp3) is 0.545. The van der Waals surface area contributed by atoms with Crippen LogP contribution in [-0.4, -0.2) is 33.6 Å². The monoisotopic (exact) mass is 323 g/mol. The first-order chi connectivity index (χ1) is 8.86. The number of methoxy groups -OCH3 is 1. The first-order valence-corrected chi connectivity index (χ1v) is 8.92. The van der Waals surface area contributed by atoms with Crippen LogP contribution >= 0.6 is 22.0 Å². The Labute approximate surface area is 120 Å². The number of halogens is 1. The maximum absolute atomic E-state index is 11.9. The fourth-order valence-corrected chi connectivity index (χ4v) is 3.88. The van der Waals surface area contributed by atoms with E-state index in [-0.39, 0.29) is 15.7 Å². The first-order valence-electron chi connectivity index (χ1n) is 5.73. The van der Waals surface area contributed by atoms with Gasteiger partial charge in [0.15, 0.2) is 0 Å². The number of hydrogen-bond acceptors (Lipinski definition) is 5. The molecule has 1 heterocycles. The number of carbonyl (C=O) groups is 1. The lowest BCUT2D eigenvalue weighted by Gasteiger charge is -2.40. The smallest absolute Gasteiger partial charge is 0.270 e. The summed E-state index contributed by atoms with van der Waals surface area (Å²) < 4.78 is 27.6. The molecule has 0 saturated heterocycles. The molecule has 1 N–H and O–H groups in total.